The first-order valence-corrected chi connectivity index (χ1v) is 6.72. The fourth-order valence-electron chi connectivity index (χ4n) is 1.68. The van der Waals surface area contributed by atoms with Gasteiger partial charge in [-0.3, -0.25) is 4.98 Å². The molecule has 122 valence electrons. The number of carbonyl (C=O) groups excluding carboxylic acids is 1. The van der Waals surface area contributed by atoms with Crippen molar-refractivity contribution in [3.05, 3.63) is 58.4 Å². The number of hydrogen-bond acceptors (Lipinski definition) is 4. The molecule has 4 nitrogen and oxygen atoms in total. The van der Waals surface area contributed by atoms with Gasteiger partial charge in [-0.2, -0.15) is 13.2 Å². The van der Waals surface area contributed by atoms with E-state index in [1.807, 2.05) is 0 Å². The number of pyridine rings is 1. The van der Waals surface area contributed by atoms with E-state index < -0.39 is 17.7 Å². The Morgan fingerprint density at radius 2 is 1.91 bits per heavy atom. The van der Waals surface area contributed by atoms with Crippen LogP contribution >= 0.6 is 11.6 Å². The number of ether oxygens (including phenoxy) is 2. The molecule has 1 aromatic carbocycles. The number of aromatic nitrogens is 1. The number of alkyl halides is 3. The molecule has 1 heterocycles. The van der Waals surface area contributed by atoms with Gasteiger partial charge in [-0.25, -0.2) is 4.79 Å². The fourth-order valence-corrected chi connectivity index (χ4v) is 1.91. The second-order valence-electron chi connectivity index (χ2n) is 4.45. The number of nitrogens with zero attached hydrogens (tertiary/aromatic N) is 1. The van der Waals surface area contributed by atoms with Crippen molar-refractivity contribution in [2.45, 2.75) is 12.8 Å². The van der Waals surface area contributed by atoms with E-state index in [1.54, 1.807) is 0 Å². The minimum absolute atomic E-state index is 0.103. The maximum atomic E-state index is 12.5. The van der Waals surface area contributed by atoms with Crippen LogP contribution in [-0.2, 0) is 17.5 Å². The normalized spacial score (nSPS) is 11.2. The lowest BCUT2D eigenvalue weighted by Gasteiger charge is -2.10. The first-order valence-electron chi connectivity index (χ1n) is 6.34. The predicted molar refractivity (Wildman–Crippen MR) is 76.4 cm³/mol. The quantitative estimate of drug-likeness (QED) is 0.782. The van der Waals surface area contributed by atoms with Gasteiger partial charge in [0.05, 0.1) is 29.0 Å². The summed E-state index contributed by atoms with van der Waals surface area (Å²) in [4.78, 5) is 14.9. The van der Waals surface area contributed by atoms with E-state index in [4.69, 9.17) is 16.3 Å². The summed E-state index contributed by atoms with van der Waals surface area (Å²) in [7, 11) is 1.27. The third-order valence-corrected chi connectivity index (χ3v) is 3.22. The molecule has 0 saturated carbocycles. The van der Waals surface area contributed by atoms with Gasteiger partial charge >= 0.3 is 12.1 Å². The number of benzene rings is 1. The van der Waals surface area contributed by atoms with Gasteiger partial charge in [-0.05, 0) is 30.3 Å². The van der Waals surface area contributed by atoms with Gasteiger partial charge < -0.3 is 9.47 Å². The third kappa shape index (κ3) is 4.35. The molecule has 0 aliphatic heterocycles. The average molecular weight is 346 g/mol. The van der Waals surface area contributed by atoms with Crippen LogP contribution in [0.1, 0.15) is 21.6 Å². The highest BCUT2D eigenvalue weighted by molar-refractivity contribution is 6.31. The molecule has 0 radical (unpaired) electrons. The van der Waals surface area contributed by atoms with E-state index in [-0.39, 0.29) is 17.3 Å². The summed E-state index contributed by atoms with van der Waals surface area (Å²) in [6, 6.07) is 6.87. The SMILES string of the molecule is COC(=O)c1ccc(OCc2ncc(C(F)(F)F)cc2Cl)cc1. The van der Waals surface area contributed by atoms with Gasteiger partial charge in [-0.1, -0.05) is 11.6 Å². The molecule has 0 amide bonds. The van der Waals surface area contributed by atoms with Gasteiger partial charge in [0.1, 0.15) is 12.4 Å². The Balaban J connectivity index is 2.05. The van der Waals surface area contributed by atoms with E-state index >= 15 is 0 Å². The molecule has 0 fully saturated rings. The molecule has 0 N–H and O–H groups in total. The summed E-state index contributed by atoms with van der Waals surface area (Å²) in [5.41, 5.74) is -0.393. The molecular weight excluding hydrogens is 335 g/mol. The second kappa shape index (κ2) is 6.87. The van der Waals surface area contributed by atoms with Crippen molar-refractivity contribution in [3.8, 4) is 5.75 Å². The van der Waals surface area contributed by atoms with Crippen molar-refractivity contribution in [2.75, 3.05) is 7.11 Å². The van der Waals surface area contributed by atoms with Gasteiger partial charge in [0, 0.05) is 6.20 Å². The molecule has 2 aromatic rings. The molecule has 0 unspecified atom stereocenters. The van der Waals surface area contributed by atoms with Crippen LogP contribution in [0.2, 0.25) is 5.02 Å². The summed E-state index contributed by atoms with van der Waals surface area (Å²) in [5.74, 6) is -0.0700. The van der Waals surface area contributed by atoms with Crippen molar-refractivity contribution in [3.63, 3.8) is 0 Å². The molecule has 23 heavy (non-hydrogen) atoms. The highest BCUT2D eigenvalue weighted by Crippen LogP contribution is 2.31. The second-order valence-corrected chi connectivity index (χ2v) is 4.86. The van der Waals surface area contributed by atoms with Gasteiger partial charge in [-0.15, -0.1) is 0 Å². The minimum atomic E-state index is -4.50. The molecule has 0 aliphatic rings. The van der Waals surface area contributed by atoms with E-state index in [9.17, 15) is 18.0 Å². The van der Waals surface area contributed by atoms with Crippen molar-refractivity contribution < 1.29 is 27.4 Å². The van der Waals surface area contributed by atoms with Gasteiger partial charge in [0.2, 0.25) is 0 Å². The van der Waals surface area contributed by atoms with E-state index in [0.717, 1.165) is 6.07 Å². The Kier molecular flexibility index (Phi) is 5.10. The van der Waals surface area contributed by atoms with Crippen molar-refractivity contribution in [2.24, 2.45) is 0 Å². The van der Waals surface area contributed by atoms with Crippen LogP contribution in [0.3, 0.4) is 0 Å². The first kappa shape index (κ1) is 17.1. The highest BCUT2D eigenvalue weighted by atomic mass is 35.5. The lowest BCUT2D eigenvalue weighted by Crippen LogP contribution is -2.08. The first-order chi connectivity index (χ1) is 10.8. The molecule has 0 aliphatic carbocycles. The largest absolute Gasteiger partial charge is 0.487 e. The monoisotopic (exact) mass is 345 g/mol. The Bertz CT molecular complexity index is 702. The maximum Gasteiger partial charge on any atom is 0.417 e. The van der Waals surface area contributed by atoms with Crippen molar-refractivity contribution in [1.29, 1.82) is 0 Å². The van der Waals surface area contributed by atoms with Crippen LogP contribution in [0, 0.1) is 0 Å². The molecule has 0 spiro atoms. The van der Waals surface area contributed by atoms with Crippen LogP contribution in [0.4, 0.5) is 13.2 Å². The molecule has 2 rings (SSSR count). The van der Waals surface area contributed by atoms with E-state index in [2.05, 4.69) is 9.72 Å². The van der Waals surface area contributed by atoms with Crippen molar-refractivity contribution >= 4 is 17.6 Å². The zero-order valence-corrected chi connectivity index (χ0v) is 12.6. The molecular formula is C15H11ClF3NO3. The Morgan fingerprint density at radius 3 is 2.43 bits per heavy atom. The molecule has 0 atom stereocenters. The lowest BCUT2D eigenvalue weighted by atomic mass is 10.2. The Morgan fingerprint density at radius 1 is 1.26 bits per heavy atom. The minimum Gasteiger partial charge on any atom is -0.487 e. The maximum absolute atomic E-state index is 12.5. The highest BCUT2D eigenvalue weighted by Gasteiger charge is 2.31. The molecule has 1 aromatic heterocycles. The number of carbonyl (C=O) groups is 1. The molecule has 8 heteroatoms. The zero-order valence-electron chi connectivity index (χ0n) is 11.9. The summed E-state index contributed by atoms with van der Waals surface area (Å²) in [5, 5.41) is -0.133. The topological polar surface area (TPSA) is 48.4 Å². The zero-order chi connectivity index (χ0) is 17.0. The standard InChI is InChI=1S/C15H11ClF3NO3/c1-22-14(21)9-2-4-11(5-3-9)23-8-13-12(16)6-10(7-20-13)15(17,18)19/h2-7H,8H2,1H3. The molecule has 0 bridgehead atoms. The number of halogens is 4. The summed E-state index contributed by atoms with van der Waals surface area (Å²) in [6.45, 7) is -0.103. The van der Waals surface area contributed by atoms with Crippen molar-refractivity contribution in [1.82, 2.24) is 4.98 Å². The Labute approximate surface area is 134 Å². The molecule has 0 saturated heterocycles. The average Bonchev–Trinajstić information content (AvgIpc) is 2.52. The van der Waals surface area contributed by atoms with Crippen LogP contribution in [0.15, 0.2) is 36.5 Å². The van der Waals surface area contributed by atoms with E-state index in [0.29, 0.717) is 17.5 Å². The smallest absolute Gasteiger partial charge is 0.417 e. The van der Waals surface area contributed by atoms with Crippen LogP contribution in [0.25, 0.3) is 0 Å². The van der Waals surface area contributed by atoms with Crippen LogP contribution in [-0.4, -0.2) is 18.1 Å². The number of methoxy groups -OCH3 is 1. The number of esters is 1. The fraction of sp³-hybridized carbons (Fsp3) is 0.200. The summed E-state index contributed by atoms with van der Waals surface area (Å²) < 4.78 is 47.5. The summed E-state index contributed by atoms with van der Waals surface area (Å²) in [6.07, 6.45) is -3.80. The van der Waals surface area contributed by atoms with Crippen LogP contribution in [0.5, 0.6) is 5.75 Å². The van der Waals surface area contributed by atoms with E-state index in [1.165, 1.54) is 31.4 Å². The third-order valence-electron chi connectivity index (χ3n) is 2.90. The lowest BCUT2D eigenvalue weighted by molar-refractivity contribution is -0.137. The van der Waals surface area contributed by atoms with Gasteiger partial charge in [0.15, 0.2) is 0 Å². The number of hydrogen-bond donors (Lipinski definition) is 0. The summed E-state index contributed by atoms with van der Waals surface area (Å²) >= 11 is 5.78. The van der Waals surface area contributed by atoms with Crippen LogP contribution < -0.4 is 4.74 Å². The predicted octanol–water partition coefficient (Wildman–Crippen LogP) is 4.12. The number of rotatable bonds is 4. The van der Waals surface area contributed by atoms with Gasteiger partial charge in [0.25, 0.3) is 0 Å². The Hall–Kier alpha value is -2.28.